The lowest BCUT2D eigenvalue weighted by atomic mass is 10.2. The van der Waals surface area contributed by atoms with E-state index in [2.05, 4.69) is 9.71 Å². The fourth-order valence-electron chi connectivity index (χ4n) is 2.50. The molecule has 10 heteroatoms. The van der Waals surface area contributed by atoms with E-state index in [1.54, 1.807) is 6.07 Å². The number of aromatic amines is 1. The highest BCUT2D eigenvalue weighted by molar-refractivity contribution is 7.93. The maximum atomic E-state index is 12.8. The van der Waals surface area contributed by atoms with Crippen molar-refractivity contribution in [3.63, 3.8) is 0 Å². The van der Waals surface area contributed by atoms with Crippen molar-refractivity contribution in [3.8, 4) is 11.5 Å². The highest BCUT2D eigenvalue weighted by Gasteiger charge is 2.21. The number of anilines is 1. The second-order valence-corrected chi connectivity index (χ2v) is 7.00. The van der Waals surface area contributed by atoms with E-state index in [1.165, 1.54) is 50.7 Å². The molecule has 1 heterocycles. The summed E-state index contributed by atoms with van der Waals surface area (Å²) in [6.07, 6.45) is 1.29. The molecule has 0 spiro atoms. The zero-order valence-corrected chi connectivity index (χ0v) is 14.7. The summed E-state index contributed by atoms with van der Waals surface area (Å²) in [5, 5.41) is 11.2. The molecule has 26 heavy (non-hydrogen) atoms. The van der Waals surface area contributed by atoms with Crippen LogP contribution in [-0.2, 0) is 10.0 Å². The van der Waals surface area contributed by atoms with Crippen molar-refractivity contribution in [1.29, 1.82) is 0 Å². The second kappa shape index (κ2) is 6.56. The van der Waals surface area contributed by atoms with Crippen molar-refractivity contribution in [2.24, 2.45) is 0 Å². The third kappa shape index (κ3) is 3.26. The zero-order chi connectivity index (χ0) is 18.9. The van der Waals surface area contributed by atoms with E-state index < -0.39 is 14.9 Å². The van der Waals surface area contributed by atoms with Crippen LogP contribution in [0.5, 0.6) is 11.5 Å². The number of nitro benzene ring substituents is 1. The van der Waals surface area contributed by atoms with Gasteiger partial charge in [0.15, 0.2) is 0 Å². The fourth-order valence-corrected chi connectivity index (χ4v) is 3.71. The first kappa shape index (κ1) is 17.5. The van der Waals surface area contributed by atoms with E-state index in [-0.39, 0.29) is 21.7 Å². The summed E-state index contributed by atoms with van der Waals surface area (Å²) in [5.41, 5.74) is 0.511. The van der Waals surface area contributed by atoms with Crippen LogP contribution in [0.15, 0.2) is 47.5 Å². The van der Waals surface area contributed by atoms with Crippen LogP contribution in [0.1, 0.15) is 0 Å². The molecule has 0 fully saturated rings. The Morgan fingerprint density at radius 1 is 1.08 bits per heavy atom. The molecule has 0 amide bonds. The molecule has 0 radical (unpaired) electrons. The first-order valence-corrected chi connectivity index (χ1v) is 8.84. The summed E-state index contributed by atoms with van der Waals surface area (Å²) in [5.74, 6) is 0.827. The van der Waals surface area contributed by atoms with Gasteiger partial charge in [-0.15, -0.1) is 0 Å². The summed E-state index contributed by atoms with van der Waals surface area (Å²) in [6, 6.07) is 8.57. The lowest BCUT2D eigenvalue weighted by Crippen LogP contribution is -2.12. The predicted molar refractivity (Wildman–Crippen MR) is 95.3 cm³/mol. The number of hydrogen-bond donors (Lipinski definition) is 2. The standard InChI is InChI=1S/C16H15N3O6S/c1-24-12-5-10(6-13(8-12)25-2)18-26(22,23)16-9-17-15-4-3-11(19(20)21)7-14(15)16/h3-9,17-18H,1-2H3. The van der Waals surface area contributed by atoms with Crippen LogP contribution in [0.4, 0.5) is 11.4 Å². The topological polar surface area (TPSA) is 124 Å². The lowest BCUT2D eigenvalue weighted by Gasteiger charge is -2.11. The monoisotopic (exact) mass is 377 g/mol. The van der Waals surface area contributed by atoms with E-state index in [4.69, 9.17) is 9.47 Å². The SMILES string of the molecule is COc1cc(NS(=O)(=O)c2c[nH]c3ccc([N+](=O)[O-])cc23)cc(OC)c1. The summed E-state index contributed by atoms with van der Waals surface area (Å²) >= 11 is 0. The van der Waals surface area contributed by atoms with Gasteiger partial charge in [-0.25, -0.2) is 8.42 Å². The Hall–Kier alpha value is -3.27. The van der Waals surface area contributed by atoms with Crippen LogP contribution < -0.4 is 14.2 Å². The molecule has 0 aliphatic carbocycles. The van der Waals surface area contributed by atoms with Gasteiger partial charge in [0.05, 0.1) is 24.8 Å². The van der Waals surface area contributed by atoms with Gasteiger partial charge in [-0.3, -0.25) is 14.8 Å². The predicted octanol–water partition coefficient (Wildman–Crippen LogP) is 2.89. The number of sulfonamides is 1. The molecule has 136 valence electrons. The van der Waals surface area contributed by atoms with Crippen molar-refractivity contribution in [1.82, 2.24) is 4.98 Å². The largest absolute Gasteiger partial charge is 0.497 e. The van der Waals surface area contributed by atoms with Gasteiger partial charge in [-0.2, -0.15) is 0 Å². The number of nitro groups is 1. The number of ether oxygens (including phenoxy) is 2. The number of rotatable bonds is 6. The average Bonchev–Trinajstić information content (AvgIpc) is 3.04. The summed E-state index contributed by atoms with van der Waals surface area (Å²) in [4.78, 5) is 13.1. The van der Waals surface area contributed by atoms with Crippen molar-refractivity contribution in [3.05, 3.63) is 52.7 Å². The Balaban J connectivity index is 2.05. The molecule has 2 N–H and O–H groups in total. The third-order valence-corrected chi connectivity index (χ3v) is 5.15. The molecule has 0 unspecified atom stereocenters. The highest BCUT2D eigenvalue weighted by atomic mass is 32.2. The number of methoxy groups -OCH3 is 2. The first-order chi connectivity index (χ1) is 12.3. The third-order valence-electron chi connectivity index (χ3n) is 3.73. The Morgan fingerprint density at radius 3 is 2.31 bits per heavy atom. The molecule has 0 saturated heterocycles. The van der Waals surface area contributed by atoms with Gasteiger partial charge in [0.25, 0.3) is 15.7 Å². The molecular formula is C16H15N3O6S. The van der Waals surface area contributed by atoms with Gasteiger partial charge in [-0.05, 0) is 6.07 Å². The highest BCUT2D eigenvalue weighted by Crippen LogP contribution is 2.30. The van der Waals surface area contributed by atoms with Gasteiger partial charge in [0.2, 0.25) is 0 Å². The molecule has 0 aliphatic heterocycles. The zero-order valence-electron chi connectivity index (χ0n) is 13.8. The second-order valence-electron chi connectivity index (χ2n) is 5.35. The molecule has 0 aliphatic rings. The number of nitrogens with one attached hydrogen (secondary N) is 2. The first-order valence-electron chi connectivity index (χ1n) is 7.35. The van der Waals surface area contributed by atoms with Gasteiger partial charge in [0, 0.05) is 47.4 Å². The van der Waals surface area contributed by atoms with Crippen molar-refractivity contribution in [2.45, 2.75) is 4.90 Å². The van der Waals surface area contributed by atoms with Gasteiger partial charge in [0.1, 0.15) is 16.4 Å². The molecule has 3 rings (SSSR count). The number of aromatic nitrogens is 1. The Morgan fingerprint density at radius 2 is 1.73 bits per heavy atom. The lowest BCUT2D eigenvalue weighted by molar-refractivity contribution is -0.384. The van der Waals surface area contributed by atoms with Crippen LogP contribution >= 0.6 is 0 Å². The van der Waals surface area contributed by atoms with Crippen molar-refractivity contribution < 1.29 is 22.8 Å². The molecule has 9 nitrogen and oxygen atoms in total. The number of nitrogens with zero attached hydrogens (tertiary/aromatic N) is 1. The Bertz CT molecular complexity index is 1070. The molecule has 0 atom stereocenters. The van der Waals surface area contributed by atoms with Gasteiger partial charge < -0.3 is 14.5 Å². The molecular weight excluding hydrogens is 362 g/mol. The van der Waals surface area contributed by atoms with Crippen LogP contribution in [-0.4, -0.2) is 32.5 Å². The van der Waals surface area contributed by atoms with Crippen LogP contribution in [0.3, 0.4) is 0 Å². The smallest absolute Gasteiger partial charge is 0.270 e. The maximum absolute atomic E-state index is 12.8. The van der Waals surface area contributed by atoms with Crippen LogP contribution in [0.25, 0.3) is 10.9 Å². The quantitative estimate of drug-likeness (QED) is 0.503. The minimum Gasteiger partial charge on any atom is -0.497 e. The van der Waals surface area contributed by atoms with E-state index in [1.807, 2.05) is 0 Å². The Kier molecular flexibility index (Phi) is 4.43. The van der Waals surface area contributed by atoms with E-state index >= 15 is 0 Å². The number of hydrogen-bond acceptors (Lipinski definition) is 6. The van der Waals surface area contributed by atoms with Gasteiger partial charge in [-0.1, -0.05) is 0 Å². The normalized spacial score (nSPS) is 11.3. The number of H-pyrrole nitrogens is 1. The number of non-ortho nitro benzene ring substituents is 1. The van der Waals surface area contributed by atoms with E-state index in [0.29, 0.717) is 17.0 Å². The number of fused-ring (bicyclic) bond motifs is 1. The molecule has 1 aromatic heterocycles. The summed E-state index contributed by atoms with van der Waals surface area (Å²) in [6.45, 7) is 0. The minimum absolute atomic E-state index is 0.0991. The average molecular weight is 377 g/mol. The van der Waals surface area contributed by atoms with E-state index in [0.717, 1.165) is 0 Å². The number of benzene rings is 2. The fraction of sp³-hybridized carbons (Fsp3) is 0.125. The molecule has 3 aromatic rings. The van der Waals surface area contributed by atoms with Gasteiger partial charge >= 0.3 is 0 Å². The summed E-state index contributed by atoms with van der Waals surface area (Å²) < 4.78 is 38.2. The van der Waals surface area contributed by atoms with Crippen molar-refractivity contribution in [2.75, 3.05) is 18.9 Å². The summed E-state index contributed by atoms with van der Waals surface area (Å²) in [7, 11) is -1.10. The minimum atomic E-state index is -4.00. The van der Waals surface area contributed by atoms with Crippen molar-refractivity contribution >= 4 is 32.3 Å². The maximum Gasteiger partial charge on any atom is 0.270 e. The van der Waals surface area contributed by atoms with E-state index in [9.17, 15) is 18.5 Å². The molecule has 0 bridgehead atoms. The van der Waals surface area contributed by atoms with Crippen LogP contribution in [0.2, 0.25) is 0 Å². The Labute approximate surface area is 148 Å². The molecule has 2 aromatic carbocycles. The van der Waals surface area contributed by atoms with Crippen LogP contribution in [0, 0.1) is 10.1 Å². The molecule has 0 saturated carbocycles.